The molecule has 4 rings (SSSR count). The van der Waals surface area contributed by atoms with Crippen molar-refractivity contribution in [3.63, 3.8) is 0 Å². The van der Waals surface area contributed by atoms with Gasteiger partial charge in [-0.3, -0.25) is 4.57 Å². The van der Waals surface area contributed by atoms with Crippen molar-refractivity contribution in [1.82, 2.24) is 14.5 Å². The summed E-state index contributed by atoms with van der Waals surface area (Å²) in [5.41, 5.74) is 4.28. The average molecular weight is 419 g/mol. The summed E-state index contributed by atoms with van der Waals surface area (Å²) in [4.78, 5) is 23.2. The molecule has 1 aliphatic heterocycles. The van der Waals surface area contributed by atoms with Crippen molar-refractivity contribution in [2.75, 3.05) is 18.0 Å². The van der Waals surface area contributed by atoms with E-state index in [9.17, 15) is 9.18 Å². The molecule has 0 saturated carbocycles. The summed E-state index contributed by atoms with van der Waals surface area (Å²) in [7, 11) is 0. The molecule has 1 aromatic heterocycles. The molecule has 2 heterocycles. The summed E-state index contributed by atoms with van der Waals surface area (Å²) in [5, 5.41) is 0. The number of hydrogen-bond acceptors (Lipinski definition) is 4. The van der Waals surface area contributed by atoms with E-state index < -0.39 is 0 Å². The van der Waals surface area contributed by atoms with Crippen LogP contribution >= 0.6 is 0 Å². The Hall–Kier alpha value is -3.28. The fourth-order valence-corrected chi connectivity index (χ4v) is 3.69. The monoisotopic (exact) mass is 418 g/mol. The topological polar surface area (TPSA) is 51.0 Å². The van der Waals surface area contributed by atoms with Crippen LogP contribution in [0.3, 0.4) is 0 Å². The van der Waals surface area contributed by atoms with Gasteiger partial charge in [-0.15, -0.1) is 0 Å². The summed E-state index contributed by atoms with van der Waals surface area (Å²) in [6, 6.07) is 14.8. The summed E-state index contributed by atoms with van der Waals surface area (Å²) < 4.78 is 14.7. The molecule has 2 aromatic carbocycles. The molecule has 1 aliphatic rings. The lowest BCUT2D eigenvalue weighted by Crippen LogP contribution is -2.34. The lowest BCUT2D eigenvalue weighted by atomic mass is 9.87. The molecular formula is C25H27FN4O. The van der Waals surface area contributed by atoms with E-state index in [1.165, 1.54) is 27.8 Å². The van der Waals surface area contributed by atoms with Gasteiger partial charge in [0.05, 0.1) is 6.54 Å². The highest BCUT2D eigenvalue weighted by atomic mass is 19.1. The third kappa shape index (κ3) is 4.90. The Balaban J connectivity index is 1.44. The first-order chi connectivity index (χ1) is 14.8. The normalized spacial score (nSPS) is 14.5. The summed E-state index contributed by atoms with van der Waals surface area (Å²) in [5.74, 6) is 0.208. The number of benzene rings is 2. The second-order valence-electron chi connectivity index (χ2n) is 8.95. The zero-order valence-corrected chi connectivity index (χ0v) is 18.2. The second-order valence-corrected chi connectivity index (χ2v) is 8.95. The van der Waals surface area contributed by atoms with Gasteiger partial charge in [-0.25, -0.2) is 14.2 Å². The fourth-order valence-electron chi connectivity index (χ4n) is 3.69. The van der Waals surface area contributed by atoms with E-state index >= 15 is 0 Å². The quantitative estimate of drug-likeness (QED) is 0.630. The highest BCUT2D eigenvalue weighted by Crippen LogP contribution is 2.24. The number of halogens is 1. The highest BCUT2D eigenvalue weighted by molar-refractivity contribution is 5.68. The van der Waals surface area contributed by atoms with Crippen LogP contribution < -0.4 is 10.6 Å². The van der Waals surface area contributed by atoms with Crippen molar-refractivity contribution in [3.8, 4) is 0 Å². The maximum atomic E-state index is 13.1. The fraction of sp³-hybridized carbons (Fsp3) is 0.320. The standard InChI is InChI=1S/C25H27FN4O/c1-25(2,3)21-8-4-18(5-9-21)16-30-17-27-23(28-24(30)31)29-14-12-20(13-15-29)19-6-10-22(26)11-7-19/h4-12,17H,13-16H2,1-3H3. The van der Waals surface area contributed by atoms with Crippen LogP contribution in [0.2, 0.25) is 0 Å². The Bertz CT molecular complexity index is 1140. The molecule has 0 atom stereocenters. The first-order valence-corrected chi connectivity index (χ1v) is 10.5. The van der Waals surface area contributed by atoms with Crippen molar-refractivity contribution in [1.29, 1.82) is 0 Å². The number of rotatable bonds is 4. The molecule has 6 heteroatoms. The molecular weight excluding hydrogens is 391 g/mol. The van der Waals surface area contributed by atoms with Crippen molar-refractivity contribution in [2.24, 2.45) is 0 Å². The molecule has 5 nitrogen and oxygen atoms in total. The number of anilines is 1. The number of hydrogen-bond donors (Lipinski definition) is 0. The van der Waals surface area contributed by atoms with E-state index in [2.05, 4.69) is 48.9 Å². The van der Waals surface area contributed by atoms with Gasteiger partial charge in [-0.2, -0.15) is 4.98 Å². The second kappa shape index (κ2) is 8.46. The molecule has 0 aliphatic carbocycles. The molecule has 31 heavy (non-hydrogen) atoms. The first kappa shape index (κ1) is 21.0. The Morgan fingerprint density at radius 2 is 1.74 bits per heavy atom. The molecule has 0 saturated heterocycles. The van der Waals surface area contributed by atoms with Gasteiger partial charge in [0.15, 0.2) is 0 Å². The molecule has 0 spiro atoms. The van der Waals surface area contributed by atoms with Gasteiger partial charge >= 0.3 is 5.69 Å². The minimum atomic E-state index is -0.307. The van der Waals surface area contributed by atoms with Crippen molar-refractivity contribution in [2.45, 2.75) is 39.2 Å². The average Bonchev–Trinajstić information content (AvgIpc) is 2.76. The third-order valence-corrected chi connectivity index (χ3v) is 5.63. The lowest BCUT2D eigenvalue weighted by Gasteiger charge is -2.26. The molecule has 0 amide bonds. The van der Waals surface area contributed by atoms with Crippen LogP contribution in [0.1, 0.15) is 43.9 Å². The van der Waals surface area contributed by atoms with E-state index in [0.717, 1.165) is 17.5 Å². The van der Waals surface area contributed by atoms with Gasteiger partial charge in [0.2, 0.25) is 5.95 Å². The van der Waals surface area contributed by atoms with Crippen molar-refractivity contribution in [3.05, 3.63) is 93.9 Å². The van der Waals surface area contributed by atoms with E-state index in [4.69, 9.17) is 0 Å². The Morgan fingerprint density at radius 3 is 2.32 bits per heavy atom. The van der Waals surface area contributed by atoms with Crippen LogP contribution in [0.25, 0.3) is 5.57 Å². The molecule has 0 radical (unpaired) electrons. The SMILES string of the molecule is CC(C)(C)c1ccc(Cn2cnc(N3CC=C(c4ccc(F)cc4)CC3)nc2=O)cc1. The maximum Gasteiger partial charge on any atom is 0.352 e. The molecule has 0 bridgehead atoms. The largest absolute Gasteiger partial charge is 0.352 e. The smallest absolute Gasteiger partial charge is 0.337 e. The van der Waals surface area contributed by atoms with Gasteiger partial charge in [0.25, 0.3) is 0 Å². The van der Waals surface area contributed by atoms with Crippen LogP contribution in [-0.2, 0) is 12.0 Å². The first-order valence-electron chi connectivity index (χ1n) is 10.5. The third-order valence-electron chi connectivity index (χ3n) is 5.63. The van der Waals surface area contributed by atoms with E-state index in [0.29, 0.717) is 25.6 Å². The Kier molecular flexibility index (Phi) is 5.72. The van der Waals surface area contributed by atoms with Crippen LogP contribution in [0.5, 0.6) is 0 Å². The minimum Gasteiger partial charge on any atom is -0.337 e. The van der Waals surface area contributed by atoms with Gasteiger partial charge < -0.3 is 4.90 Å². The van der Waals surface area contributed by atoms with Gasteiger partial charge in [0, 0.05) is 13.1 Å². The lowest BCUT2D eigenvalue weighted by molar-refractivity contribution is 0.589. The van der Waals surface area contributed by atoms with Gasteiger partial charge in [-0.1, -0.05) is 63.2 Å². The zero-order valence-electron chi connectivity index (χ0n) is 18.2. The molecule has 0 fully saturated rings. The van der Waals surface area contributed by atoms with Crippen LogP contribution in [0.4, 0.5) is 10.3 Å². The number of aromatic nitrogens is 3. The summed E-state index contributed by atoms with van der Waals surface area (Å²) in [6.45, 7) is 8.30. The minimum absolute atomic E-state index is 0.0968. The highest BCUT2D eigenvalue weighted by Gasteiger charge is 2.17. The predicted octanol–water partition coefficient (Wildman–Crippen LogP) is 4.42. The predicted molar refractivity (Wildman–Crippen MR) is 122 cm³/mol. The van der Waals surface area contributed by atoms with Gasteiger partial charge in [-0.05, 0) is 46.2 Å². The van der Waals surface area contributed by atoms with Crippen molar-refractivity contribution >= 4 is 11.5 Å². The molecule has 0 N–H and O–H groups in total. The Morgan fingerprint density at radius 1 is 1.03 bits per heavy atom. The van der Waals surface area contributed by atoms with Crippen LogP contribution in [-0.4, -0.2) is 27.6 Å². The molecule has 0 unspecified atom stereocenters. The molecule has 160 valence electrons. The van der Waals surface area contributed by atoms with Crippen molar-refractivity contribution < 1.29 is 4.39 Å². The maximum absolute atomic E-state index is 13.1. The van der Waals surface area contributed by atoms with E-state index in [-0.39, 0.29) is 16.9 Å². The number of nitrogens with zero attached hydrogens (tertiary/aromatic N) is 4. The van der Waals surface area contributed by atoms with E-state index in [1.54, 1.807) is 18.5 Å². The van der Waals surface area contributed by atoms with E-state index in [1.807, 2.05) is 17.0 Å². The Labute approximate surface area is 181 Å². The summed E-state index contributed by atoms with van der Waals surface area (Å²) in [6.07, 6.45) is 4.45. The van der Waals surface area contributed by atoms with Crippen LogP contribution in [0, 0.1) is 5.82 Å². The summed E-state index contributed by atoms with van der Waals surface area (Å²) >= 11 is 0. The van der Waals surface area contributed by atoms with Gasteiger partial charge in [0.1, 0.15) is 12.1 Å². The molecule has 3 aromatic rings. The zero-order chi connectivity index (χ0) is 22.0. The van der Waals surface area contributed by atoms with Crippen LogP contribution in [0.15, 0.2) is 65.7 Å².